The molecule has 3 nitrogen and oxygen atoms in total. The normalized spacial score (nSPS) is 11.0. The quantitative estimate of drug-likeness (QED) is 0.722. The molecule has 0 aliphatic heterocycles. The zero-order chi connectivity index (χ0) is 15.7. The van der Waals surface area contributed by atoms with Gasteiger partial charge in [-0.1, -0.05) is 30.7 Å². The van der Waals surface area contributed by atoms with Crippen molar-refractivity contribution in [2.75, 3.05) is 0 Å². The van der Waals surface area contributed by atoms with E-state index in [0.29, 0.717) is 10.4 Å². The van der Waals surface area contributed by atoms with Gasteiger partial charge >= 0.3 is 0 Å². The highest BCUT2D eigenvalue weighted by atomic mass is 35.5. The molecule has 0 aliphatic carbocycles. The third kappa shape index (κ3) is 2.53. The maximum atomic E-state index is 13.0. The summed E-state index contributed by atoms with van der Waals surface area (Å²) in [5, 5.41) is 1.30. The number of aromatic nitrogens is 2. The van der Waals surface area contributed by atoms with E-state index in [1.54, 1.807) is 10.6 Å². The Kier molecular flexibility index (Phi) is 3.99. The summed E-state index contributed by atoms with van der Waals surface area (Å²) in [4.78, 5) is 17.6. The van der Waals surface area contributed by atoms with Gasteiger partial charge in [0.05, 0.1) is 16.6 Å². The first-order valence-corrected chi connectivity index (χ1v) is 7.77. The van der Waals surface area contributed by atoms with Crippen LogP contribution in [0.3, 0.4) is 0 Å². The lowest BCUT2D eigenvalue weighted by Crippen LogP contribution is -2.24. The van der Waals surface area contributed by atoms with Gasteiger partial charge in [0.2, 0.25) is 0 Å². The van der Waals surface area contributed by atoms with Crippen molar-refractivity contribution in [1.29, 1.82) is 0 Å². The van der Waals surface area contributed by atoms with Crippen LogP contribution in [0.4, 0.5) is 0 Å². The van der Waals surface area contributed by atoms with E-state index in [-0.39, 0.29) is 5.56 Å². The maximum Gasteiger partial charge on any atom is 0.265 e. The molecule has 3 aromatic rings. The second kappa shape index (κ2) is 5.93. The molecule has 0 amide bonds. The van der Waals surface area contributed by atoms with Crippen molar-refractivity contribution in [3.8, 4) is 5.69 Å². The average Bonchev–Trinajstić information content (AvgIpc) is 2.49. The van der Waals surface area contributed by atoms with Gasteiger partial charge in [-0.15, -0.1) is 0 Å². The molecule has 0 aliphatic rings. The Labute approximate surface area is 134 Å². The highest BCUT2D eigenvalue weighted by molar-refractivity contribution is 6.30. The standard InChI is InChI=1S/C18H17ClN2O/c1-3-6-17-20-15-8-5-4-7-14(15)18(22)21(17)16-10-9-13(19)11-12(16)2/h4-5,7-11H,3,6H2,1-2H3. The van der Waals surface area contributed by atoms with Crippen LogP contribution in [0, 0.1) is 6.92 Å². The first kappa shape index (κ1) is 14.8. The summed E-state index contributed by atoms with van der Waals surface area (Å²) in [5.74, 6) is 0.789. The fourth-order valence-corrected chi connectivity index (χ4v) is 2.91. The largest absolute Gasteiger partial charge is 0.268 e. The van der Waals surface area contributed by atoms with Crippen LogP contribution in [-0.2, 0) is 6.42 Å². The molecule has 4 heteroatoms. The van der Waals surface area contributed by atoms with E-state index in [0.717, 1.165) is 35.4 Å². The number of halogens is 1. The first-order valence-electron chi connectivity index (χ1n) is 7.39. The number of aryl methyl sites for hydroxylation is 2. The molecule has 0 spiro atoms. The van der Waals surface area contributed by atoms with E-state index in [4.69, 9.17) is 16.6 Å². The smallest absolute Gasteiger partial charge is 0.265 e. The van der Waals surface area contributed by atoms with Crippen LogP contribution in [0.15, 0.2) is 47.3 Å². The predicted octanol–water partition coefficient (Wildman–Crippen LogP) is 4.30. The minimum Gasteiger partial charge on any atom is -0.268 e. The number of fused-ring (bicyclic) bond motifs is 1. The Bertz CT molecular complexity index is 899. The number of rotatable bonds is 3. The van der Waals surface area contributed by atoms with Gasteiger partial charge in [0.1, 0.15) is 5.82 Å². The van der Waals surface area contributed by atoms with Gasteiger partial charge in [0.25, 0.3) is 5.56 Å². The molecule has 0 fully saturated rings. The van der Waals surface area contributed by atoms with Crippen LogP contribution in [-0.4, -0.2) is 9.55 Å². The van der Waals surface area contributed by atoms with Crippen LogP contribution in [0.1, 0.15) is 24.7 Å². The zero-order valence-corrected chi connectivity index (χ0v) is 13.4. The molecule has 0 saturated heterocycles. The van der Waals surface area contributed by atoms with Crippen molar-refractivity contribution >= 4 is 22.5 Å². The summed E-state index contributed by atoms with van der Waals surface area (Å²) < 4.78 is 1.72. The topological polar surface area (TPSA) is 34.9 Å². The van der Waals surface area contributed by atoms with Gasteiger partial charge in [-0.2, -0.15) is 0 Å². The number of hydrogen-bond acceptors (Lipinski definition) is 2. The number of hydrogen-bond donors (Lipinski definition) is 0. The zero-order valence-electron chi connectivity index (χ0n) is 12.6. The fraction of sp³-hybridized carbons (Fsp3) is 0.222. The number of benzene rings is 2. The van der Waals surface area contributed by atoms with Crippen molar-refractivity contribution in [1.82, 2.24) is 9.55 Å². The Morgan fingerprint density at radius 2 is 1.95 bits per heavy atom. The van der Waals surface area contributed by atoms with Crippen LogP contribution >= 0.6 is 11.6 Å². The summed E-state index contributed by atoms with van der Waals surface area (Å²) in [6.45, 7) is 4.04. The van der Waals surface area contributed by atoms with Gasteiger partial charge in [0.15, 0.2) is 0 Å². The summed E-state index contributed by atoms with van der Waals surface area (Å²) >= 11 is 6.04. The average molecular weight is 313 g/mol. The molecule has 22 heavy (non-hydrogen) atoms. The molecular weight excluding hydrogens is 296 g/mol. The Morgan fingerprint density at radius 1 is 1.18 bits per heavy atom. The molecule has 0 unspecified atom stereocenters. The highest BCUT2D eigenvalue weighted by Crippen LogP contribution is 2.20. The van der Waals surface area contributed by atoms with Crippen molar-refractivity contribution < 1.29 is 0 Å². The second-order valence-corrected chi connectivity index (χ2v) is 5.80. The highest BCUT2D eigenvalue weighted by Gasteiger charge is 2.13. The van der Waals surface area contributed by atoms with Crippen molar-refractivity contribution in [3.63, 3.8) is 0 Å². The minimum atomic E-state index is -0.0283. The van der Waals surface area contributed by atoms with E-state index in [1.807, 2.05) is 43.3 Å². The molecule has 0 N–H and O–H groups in total. The van der Waals surface area contributed by atoms with Gasteiger partial charge in [-0.3, -0.25) is 9.36 Å². The van der Waals surface area contributed by atoms with Crippen LogP contribution < -0.4 is 5.56 Å². The van der Waals surface area contributed by atoms with E-state index in [1.165, 1.54) is 0 Å². The lowest BCUT2D eigenvalue weighted by atomic mass is 10.1. The van der Waals surface area contributed by atoms with E-state index >= 15 is 0 Å². The lowest BCUT2D eigenvalue weighted by molar-refractivity contribution is 0.772. The molecule has 0 saturated carbocycles. The molecule has 0 bridgehead atoms. The third-order valence-electron chi connectivity index (χ3n) is 3.72. The summed E-state index contributed by atoms with van der Waals surface area (Å²) in [5.41, 5.74) is 2.53. The van der Waals surface area contributed by atoms with Gasteiger partial charge in [0, 0.05) is 11.4 Å². The number of nitrogens with zero attached hydrogens (tertiary/aromatic N) is 2. The molecule has 0 radical (unpaired) electrons. The molecule has 1 aromatic heterocycles. The summed E-state index contributed by atoms with van der Waals surface area (Å²) in [7, 11) is 0. The molecule has 3 rings (SSSR count). The van der Waals surface area contributed by atoms with E-state index < -0.39 is 0 Å². The third-order valence-corrected chi connectivity index (χ3v) is 3.95. The molecule has 0 atom stereocenters. The van der Waals surface area contributed by atoms with Crippen LogP contribution in [0.2, 0.25) is 5.02 Å². The second-order valence-electron chi connectivity index (χ2n) is 5.37. The van der Waals surface area contributed by atoms with Gasteiger partial charge in [-0.05, 0) is 49.2 Å². The monoisotopic (exact) mass is 312 g/mol. The van der Waals surface area contributed by atoms with Crippen molar-refractivity contribution in [2.24, 2.45) is 0 Å². The number of para-hydroxylation sites is 1. The fourth-order valence-electron chi connectivity index (χ4n) is 2.69. The van der Waals surface area contributed by atoms with Gasteiger partial charge in [-0.25, -0.2) is 4.98 Å². The minimum absolute atomic E-state index is 0.0283. The molecule has 112 valence electrons. The Balaban J connectivity index is 2.38. The predicted molar refractivity (Wildman–Crippen MR) is 91.1 cm³/mol. The Morgan fingerprint density at radius 3 is 2.68 bits per heavy atom. The molecule has 1 heterocycles. The molecular formula is C18H17ClN2O. The SMILES string of the molecule is CCCc1nc2ccccc2c(=O)n1-c1ccc(Cl)cc1C. The van der Waals surface area contributed by atoms with E-state index in [2.05, 4.69) is 6.92 Å². The summed E-state index contributed by atoms with van der Waals surface area (Å²) in [6.07, 6.45) is 1.68. The van der Waals surface area contributed by atoms with Crippen molar-refractivity contribution in [2.45, 2.75) is 26.7 Å². The summed E-state index contributed by atoms with van der Waals surface area (Å²) in [6, 6.07) is 13.0. The first-order chi connectivity index (χ1) is 10.6. The van der Waals surface area contributed by atoms with Crippen molar-refractivity contribution in [3.05, 3.63) is 69.2 Å². The van der Waals surface area contributed by atoms with Crippen LogP contribution in [0.5, 0.6) is 0 Å². The Hall–Kier alpha value is -2.13. The molecule has 2 aromatic carbocycles. The lowest BCUT2D eigenvalue weighted by Gasteiger charge is -2.15. The van der Waals surface area contributed by atoms with Gasteiger partial charge < -0.3 is 0 Å². The van der Waals surface area contributed by atoms with E-state index in [9.17, 15) is 4.79 Å². The van der Waals surface area contributed by atoms with Crippen LogP contribution in [0.25, 0.3) is 16.6 Å². The maximum absolute atomic E-state index is 13.0.